The Morgan fingerprint density at radius 3 is 0.908 bits per heavy atom. The highest BCUT2D eigenvalue weighted by atomic mass is 16.5. The highest BCUT2D eigenvalue weighted by Crippen LogP contribution is 2.20. The number of aliphatic hydroxyl groups is 2. The van der Waals surface area contributed by atoms with E-state index in [2.05, 4.69) is 55.6 Å². The summed E-state index contributed by atoms with van der Waals surface area (Å²) in [6, 6.07) is -0.541. The number of esters is 1. The van der Waals surface area contributed by atoms with Gasteiger partial charge in [-0.1, -0.05) is 384 Å². The van der Waals surface area contributed by atoms with Crippen molar-refractivity contribution >= 4 is 11.9 Å². The molecular weight excluding hydrogens is 1070 g/mol. The summed E-state index contributed by atoms with van der Waals surface area (Å²) in [5.74, 6) is -0.0171. The molecule has 0 bridgehead atoms. The van der Waals surface area contributed by atoms with Gasteiger partial charge in [0.25, 0.3) is 0 Å². The molecule has 0 aromatic rings. The predicted molar refractivity (Wildman–Crippen MR) is 384 cm³/mol. The van der Waals surface area contributed by atoms with Crippen LogP contribution in [-0.4, -0.2) is 47.4 Å². The molecule has 6 heteroatoms. The number of hydrogen-bond donors (Lipinski definition) is 3. The molecule has 2 unspecified atom stereocenters. The van der Waals surface area contributed by atoms with Crippen LogP contribution in [0.15, 0.2) is 36.5 Å². The van der Waals surface area contributed by atoms with Gasteiger partial charge in [-0.2, -0.15) is 0 Å². The third-order valence-corrected chi connectivity index (χ3v) is 18.7. The lowest BCUT2D eigenvalue weighted by molar-refractivity contribution is -0.143. The summed E-state index contributed by atoms with van der Waals surface area (Å²) in [5.41, 5.74) is 0. The van der Waals surface area contributed by atoms with Crippen molar-refractivity contribution in [1.82, 2.24) is 5.32 Å². The first-order valence-corrected chi connectivity index (χ1v) is 39.7. The number of carbonyl (C=O) groups excluding carboxylic acids is 2. The highest BCUT2D eigenvalue weighted by molar-refractivity contribution is 5.76. The number of rotatable bonds is 75. The topological polar surface area (TPSA) is 95.9 Å². The minimum atomic E-state index is -0.664. The summed E-state index contributed by atoms with van der Waals surface area (Å²) in [6.45, 7) is 4.97. The average molecular weight is 1220 g/mol. The van der Waals surface area contributed by atoms with Gasteiger partial charge in [0.1, 0.15) is 0 Å². The van der Waals surface area contributed by atoms with Gasteiger partial charge in [-0.15, -0.1) is 0 Å². The summed E-state index contributed by atoms with van der Waals surface area (Å²) in [7, 11) is 0. The molecule has 514 valence electrons. The van der Waals surface area contributed by atoms with Gasteiger partial charge in [-0.05, 0) is 83.5 Å². The van der Waals surface area contributed by atoms with Crippen LogP contribution in [0.4, 0.5) is 0 Å². The lowest BCUT2D eigenvalue weighted by atomic mass is 10.0. The molecular formula is C81H155NO5. The van der Waals surface area contributed by atoms with Crippen molar-refractivity contribution in [2.24, 2.45) is 0 Å². The molecule has 1 amide bonds. The first-order valence-electron chi connectivity index (χ1n) is 39.7. The van der Waals surface area contributed by atoms with Crippen LogP contribution in [0.2, 0.25) is 0 Å². The standard InChI is InChI=1S/C81H155NO5/c1-3-5-7-9-11-13-15-17-19-21-22-23-35-38-42-45-49-53-57-61-65-69-73-79(84)78(77-83)82-80(85)74-70-66-62-58-54-50-46-43-39-36-33-31-29-27-25-24-26-28-30-32-34-37-40-44-48-52-56-60-64-68-72-76-87-81(86)75-71-67-63-59-55-51-47-41-20-18-16-14-12-10-8-6-4-2/h12,14,18,20,26,28,78-79,83-84H,3-11,13,15-17,19,21-25,27,29-77H2,1-2H3,(H,82,85)/b14-12-,20-18-,28-26-. The molecule has 6 nitrogen and oxygen atoms in total. The third kappa shape index (κ3) is 73.0. The Balaban J connectivity index is 3.36. The van der Waals surface area contributed by atoms with Crippen molar-refractivity contribution in [2.75, 3.05) is 13.2 Å². The van der Waals surface area contributed by atoms with Crippen LogP contribution >= 0.6 is 0 Å². The Morgan fingerprint density at radius 2 is 0.575 bits per heavy atom. The lowest BCUT2D eigenvalue weighted by Crippen LogP contribution is -2.45. The Morgan fingerprint density at radius 1 is 0.322 bits per heavy atom. The van der Waals surface area contributed by atoms with E-state index in [1.807, 2.05) is 0 Å². The molecule has 3 N–H and O–H groups in total. The fraction of sp³-hybridized carbons (Fsp3) is 0.901. The highest BCUT2D eigenvalue weighted by Gasteiger charge is 2.20. The van der Waals surface area contributed by atoms with Gasteiger partial charge in [0.05, 0.1) is 25.4 Å². The fourth-order valence-corrected chi connectivity index (χ4v) is 12.6. The smallest absolute Gasteiger partial charge is 0.305 e. The molecule has 0 heterocycles. The molecule has 0 saturated carbocycles. The fourth-order valence-electron chi connectivity index (χ4n) is 12.6. The van der Waals surface area contributed by atoms with Gasteiger partial charge in [-0.3, -0.25) is 9.59 Å². The van der Waals surface area contributed by atoms with Crippen LogP contribution < -0.4 is 5.32 Å². The van der Waals surface area contributed by atoms with E-state index in [4.69, 9.17) is 4.74 Å². The molecule has 0 aliphatic carbocycles. The maximum absolute atomic E-state index is 12.6. The van der Waals surface area contributed by atoms with Crippen molar-refractivity contribution in [1.29, 1.82) is 0 Å². The molecule has 2 atom stereocenters. The summed E-state index contributed by atoms with van der Waals surface area (Å²) in [4.78, 5) is 24.7. The number of allylic oxidation sites excluding steroid dienone is 6. The predicted octanol–water partition coefficient (Wildman–Crippen LogP) is 26.2. The van der Waals surface area contributed by atoms with Crippen molar-refractivity contribution < 1.29 is 24.5 Å². The molecule has 0 fully saturated rings. The SMILES string of the molecule is CCCCC/C=C\C/C=C\CCCCCCCCCC(=O)OCCCCCCCCCCCCCC/C=C\CCCCCCCCCCCCCCCCCC(=O)NC(CO)C(O)CCCCCCCCCCCCCCCCCCCCCCCC. The summed E-state index contributed by atoms with van der Waals surface area (Å²) >= 11 is 0. The zero-order valence-corrected chi connectivity index (χ0v) is 59.0. The van der Waals surface area contributed by atoms with E-state index >= 15 is 0 Å². The Labute approximate surface area is 544 Å². The van der Waals surface area contributed by atoms with Gasteiger partial charge < -0.3 is 20.3 Å². The first kappa shape index (κ1) is 85.1. The summed E-state index contributed by atoms with van der Waals surface area (Å²) < 4.78 is 5.50. The quantitative estimate of drug-likeness (QED) is 0.0320. The van der Waals surface area contributed by atoms with Gasteiger partial charge in [0.2, 0.25) is 5.91 Å². The van der Waals surface area contributed by atoms with E-state index in [0.29, 0.717) is 25.9 Å². The number of nitrogens with one attached hydrogen (secondary N) is 1. The largest absolute Gasteiger partial charge is 0.466 e. The molecule has 0 rings (SSSR count). The van der Waals surface area contributed by atoms with E-state index in [0.717, 1.165) is 51.4 Å². The number of carbonyl (C=O) groups is 2. The number of ether oxygens (including phenoxy) is 1. The lowest BCUT2D eigenvalue weighted by Gasteiger charge is -2.22. The zero-order chi connectivity index (χ0) is 62.8. The van der Waals surface area contributed by atoms with Crippen molar-refractivity contribution in [3.05, 3.63) is 36.5 Å². The molecule has 0 radical (unpaired) electrons. The number of aliphatic hydroxyl groups excluding tert-OH is 2. The van der Waals surface area contributed by atoms with Crippen LogP contribution in [0.3, 0.4) is 0 Å². The van der Waals surface area contributed by atoms with Crippen LogP contribution in [0.25, 0.3) is 0 Å². The Kier molecular flexibility index (Phi) is 74.8. The van der Waals surface area contributed by atoms with Crippen LogP contribution in [0.1, 0.15) is 444 Å². The number of unbranched alkanes of at least 4 members (excludes halogenated alkanes) is 58. The van der Waals surface area contributed by atoms with E-state index in [1.165, 1.54) is 360 Å². The second kappa shape index (κ2) is 76.5. The Hall–Kier alpha value is -1.92. The second-order valence-electron chi connectivity index (χ2n) is 27.4. The van der Waals surface area contributed by atoms with E-state index in [-0.39, 0.29) is 18.5 Å². The minimum absolute atomic E-state index is 0.0107. The van der Waals surface area contributed by atoms with Crippen LogP contribution in [-0.2, 0) is 14.3 Å². The van der Waals surface area contributed by atoms with Gasteiger partial charge in [-0.25, -0.2) is 0 Å². The van der Waals surface area contributed by atoms with E-state index in [1.54, 1.807) is 0 Å². The number of amides is 1. The molecule has 87 heavy (non-hydrogen) atoms. The third-order valence-electron chi connectivity index (χ3n) is 18.7. The Bertz CT molecular complexity index is 1410. The molecule has 0 aromatic heterocycles. The molecule has 0 aliphatic heterocycles. The molecule has 0 saturated heterocycles. The normalized spacial score (nSPS) is 12.6. The first-order chi connectivity index (χ1) is 43.0. The zero-order valence-electron chi connectivity index (χ0n) is 59.0. The molecule has 0 spiro atoms. The average Bonchev–Trinajstić information content (AvgIpc) is 3.53. The maximum atomic E-state index is 12.6. The van der Waals surface area contributed by atoms with Crippen LogP contribution in [0, 0.1) is 0 Å². The monoisotopic (exact) mass is 1220 g/mol. The number of hydrogen-bond acceptors (Lipinski definition) is 5. The minimum Gasteiger partial charge on any atom is -0.466 e. The van der Waals surface area contributed by atoms with Gasteiger partial charge in [0.15, 0.2) is 0 Å². The summed E-state index contributed by atoms with van der Waals surface area (Å²) in [6.07, 6.45) is 99.4. The van der Waals surface area contributed by atoms with Crippen molar-refractivity contribution in [2.45, 2.75) is 456 Å². The van der Waals surface area contributed by atoms with Gasteiger partial charge in [0, 0.05) is 12.8 Å². The maximum Gasteiger partial charge on any atom is 0.305 e. The van der Waals surface area contributed by atoms with Crippen molar-refractivity contribution in [3.63, 3.8) is 0 Å². The van der Waals surface area contributed by atoms with Crippen molar-refractivity contribution in [3.8, 4) is 0 Å². The van der Waals surface area contributed by atoms with Gasteiger partial charge >= 0.3 is 5.97 Å². The van der Waals surface area contributed by atoms with E-state index < -0.39 is 12.1 Å². The van der Waals surface area contributed by atoms with E-state index in [9.17, 15) is 19.8 Å². The molecule has 0 aliphatic rings. The summed E-state index contributed by atoms with van der Waals surface area (Å²) in [5, 5.41) is 23.5. The molecule has 0 aromatic carbocycles. The second-order valence-corrected chi connectivity index (χ2v) is 27.4. The van der Waals surface area contributed by atoms with Crippen LogP contribution in [0.5, 0.6) is 0 Å².